The van der Waals surface area contributed by atoms with E-state index in [0.717, 1.165) is 50.7 Å². The quantitative estimate of drug-likeness (QED) is 0.917. The zero-order valence-corrected chi connectivity index (χ0v) is 14.2. The molecule has 1 saturated heterocycles. The Morgan fingerprint density at radius 3 is 2.52 bits per heavy atom. The number of piperazine rings is 1. The van der Waals surface area contributed by atoms with Gasteiger partial charge < -0.3 is 15.1 Å². The van der Waals surface area contributed by atoms with Crippen molar-refractivity contribution in [2.75, 3.05) is 38.1 Å². The summed E-state index contributed by atoms with van der Waals surface area (Å²) in [6, 6.07) is 0.313. The third kappa shape index (κ3) is 3.99. The first-order chi connectivity index (χ1) is 11.1. The third-order valence-corrected chi connectivity index (χ3v) is 4.94. The summed E-state index contributed by atoms with van der Waals surface area (Å²) in [7, 11) is 2.13. The molecule has 0 atom stereocenters. The zero-order valence-electron chi connectivity index (χ0n) is 14.2. The Hall–Kier alpha value is -1.69. The Labute approximate surface area is 138 Å². The summed E-state index contributed by atoms with van der Waals surface area (Å²) in [4.78, 5) is 26.0. The van der Waals surface area contributed by atoms with Crippen LogP contribution in [0.3, 0.4) is 0 Å². The van der Waals surface area contributed by atoms with Gasteiger partial charge in [-0.3, -0.25) is 4.79 Å². The number of aromatic nitrogens is 2. The molecule has 23 heavy (non-hydrogen) atoms. The van der Waals surface area contributed by atoms with E-state index in [4.69, 9.17) is 0 Å². The van der Waals surface area contributed by atoms with Crippen LogP contribution in [0.1, 0.15) is 48.2 Å². The van der Waals surface area contributed by atoms with Crippen LogP contribution in [0.2, 0.25) is 0 Å². The van der Waals surface area contributed by atoms with Gasteiger partial charge in [0.1, 0.15) is 0 Å². The number of likely N-dealkylation sites (N-methyl/N-ethyl adjacent to an activating group) is 1. The number of amides is 1. The van der Waals surface area contributed by atoms with Gasteiger partial charge in [-0.1, -0.05) is 19.3 Å². The van der Waals surface area contributed by atoms with Crippen LogP contribution in [-0.2, 0) is 0 Å². The molecule has 0 spiro atoms. The minimum absolute atomic E-state index is 0.0284. The number of rotatable bonds is 3. The Balaban J connectivity index is 1.65. The molecule has 1 aliphatic carbocycles. The maximum atomic E-state index is 12.5. The first-order valence-corrected chi connectivity index (χ1v) is 8.71. The Kier molecular flexibility index (Phi) is 5.10. The molecule has 2 heterocycles. The lowest BCUT2D eigenvalue weighted by atomic mass is 9.95. The summed E-state index contributed by atoms with van der Waals surface area (Å²) in [6.45, 7) is 5.81. The molecular formula is C17H27N5O. The van der Waals surface area contributed by atoms with E-state index in [1.807, 2.05) is 6.92 Å². The smallest absolute Gasteiger partial charge is 0.254 e. The molecule has 1 aromatic rings. The number of hydrogen-bond acceptors (Lipinski definition) is 5. The highest BCUT2D eigenvalue weighted by Crippen LogP contribution is 2.19. The molecule has 1 saturated carbocycles. The van der Waals surface area contributed by atoms with E-state index in [2.05, 4.69) is 32.1 Å². The van der Waals surface area contributed by atoms with Gasteiger partial charge in [-0.2, -0.15) is 0 Å². The molecular weight excluding hydrogens is 290 g/mol. The van der Waals surface area contributed by atoms with Gasteiger partial charge in [0.05, 0.1) is 11.3 Å². The topological polar surface area (TPSA) is 61.4 Å². The molecule has 2 fully saturated rings. The molecule has 1 aromatic heterocycles. The molecule has 0 radical (unpaired) electrons. The summed E-state index contributed by atoms with van der Waals surface area (Å²) in [5, 5.41) is 3.14. The summed E-state index contributed by atoms with van der Waals surface area (Å²) in [6.07, 6.45) is 7.57. The summed E-state index contributed by atoms with van der Waals surface area (Å²) < 4.78 is 0. The van der Waals surface area contributed by atoms with E-state index < -0.39 is 0 Å². The molecule has 1 N–H and O–H groups in total. The molecule has 6 nitrogen and oxygen atoms in total. The molecule has 3 rings (SSSR count). The number of anilines is 1. The summed E-state index contributed by atoms with van der Waals surface area (Å²) >= 11 is 0. The fourth-order valence-electron chi connectivity index (χ4n) is 3.35. The highest BCUT2D eigenvalue weighted by Gasteiger charge is 2.21. The van der Waals surface area contributed by atoms with Gasteiger partial charge in [0, 0.05) is 38.4 Å². The lowest BCUT2D eigenvalue weighted by Gasteiger charge is -2.32. The SMILES string of the molecule is Cc1nc(N2CCN(C)CC2)ncc1C(=O)NC1CCCCC1. The van der Waals surface area contributed by atoms with Crippen molar-refractivity contribution < 1.29 is 4.79 Å². The fourth-order valence-corrected chi connectivity index (χ4v) is 3.35. The maximum Gasteiger partial charge on any atom is 0.254 e. The third-order valence-electron chi connectivity index (χ3n) is 4.94. The lowest BCUT2D eigenvalue weighted by Crippen LogP contribution is -2.45. The van der Waals surface area contributed by atoms with Crippen molar-refractivity contribution in [3.05, 3.63) is 17.5 Å². The highest BCUT2D eigenvalue weighted by molar-refractivity contribution is 5.95. The maximum absolute atomic E-state index is 12.5. The molecule has 1 aliphatic heterocycles. The predicted octanol–water partition coefficient (Wildman–Crippen LogP) is 1.60. The summed E-state index contributed by atoms with van der Waals surface area (Å²) in [5.41, 5.74) is 1.37. The Morgan fingerprint density at radius 2 is 1.87 bits per heavy atom. The van der Waals surface area contributed by atoms with Crippen molar-refractivity contribution in [3.8, 4) is 0 Å². The number of carbonyl (C=O) groups excluding carboxylic acids is 1. The van der Waals surface area contributed by atoms with Gasteiger partial charge in [-0.15, -0.1) is 0 Å². The fraction of sp³-hybridized carbons (Fsp3) is 0.706. The first kappa shape index (κ1) is 16.2. The lowest BCUT2D eigenvalue weighted by molar-refractivity contribution is 0.0926. The van der Waals surface area contributed by atoms with Crippen LogP contribution in [0.5, 0.6) is 0 Å². The van der Waals surface area contributed by atoms with Gasteiger partial charge in [-0.25, -0.2) is 9.97 Å². The van der Waals surface area contributed by atoms with Gasteiger partial charge in [0.25, 0.3) is 5.91 Å². The largest absolute Gasteiger partial charge is 0.349 e. The van der Waals surface area contributed by atoms with Crippen molar-refractivity contribution in [1.82, 2.24) is 20.2 Å². The van der Waals surface area contributed by atoms with Crippen LogP contribution >= 0.6 is 0 Å². The average Bonchev–Trinajstić information content (AvgIpc) is 2.56. The van der Waals surface area contributed by atoms with Gasteiger partial charge in [-0.05, 0) is 26.8 Å². The second kappa shape index (κ2) is 7.25. The van der Waals surface area contributed by atoms with E-state index in [1.54, 1.807) is 6.20 Å². The predicted molar refractivity (Wildman–Crippen MR) is 90.8 cm³/mol. The first-order valence-electron chi connectivity index (χ1n) is 8.71. The van der Waals surface area contributed by atoms with Crippen molar-refractivity contribution in [1.29, 1.82) is 0 Å². The normalized spacial score (nSPS) is 20.5. The van der Waals surface area contributed by atoms with Crippen molar-refractivity contribution >= 4 is 11.9 Å². The second-order valence-electron chi connectivity index (χ2n) is 6.77. The Bertz CT molecular complexity index is 548. The van der Waals surface area contributed by atoms with Crippen LogP contribution < -0.4 is 10.2 Å². The van der Waals surface area contributed by atoms with Crippen LogP contribution in [0.15, 0.2) is 6.20 Å². The molecule has 0 unspecified atom stereocenters. The van der Waals surface area contributed by atoms with Crippen LogP contribution in [0.25, 0.3) is 0 Å². The van der Waals surface area contributed by atoms with Gasteiger partial charge >= 0.3 is 0 Å². The minimum Gasteiger partial charge on any atom is -0.349 e. The molecule has 6 heteroatoms. The van der Waals surface area contributed by atoms with E-state index >= 15 is 0 Å². The average molecular weight is 317 g/mol. The molecule has 126 valence electrons. The minimum atomic E-state index is -0.0284. The van der Waals surface area contributed by atoms with Crippen LogP contribution in [0.4, 0.5) is 5.95 Å². The standard InChI is InChI=1S/C17H27N5O/c1-13-15(16(23)20-14-6-4-3-5-7-14)12-18-17(19-13)22-10-8-21(2)9-11-22/h12,14H,3-11H2,1-2H3,(H,20,23). The number of carbonyl (C=O) groups is 1. The van der Waals surface area contributed by atoms with Crippen LogP contribution in [-0.4, -0.2) is 60.0 Å². The van der Waals surface area contributed by atoms with Crippen molar-refractivity contribution in [2.24, 2.45) is 0 Å². The monoisotopic (exact) mass is 317 g/mol. The zero-order chi connectivity index (χ0) is 16.2. The van der Waals surface area contributed by atoms with Crippen LogP contribution in [0, 0.1) is 6.92 Å². The van der Waals surface area contributed by atoms with Crippen molar-refractivity contribution in [3.63, 3.8) is 0 Å². The number of nitrogens with zero attached hydrogens (tertiary/aromatic N) is 4. The summed E-state index contributed by atoms with van der Waals surface area (Å²) in [5.74, 6) is 0.712. The van der Waals surface area contributed by atoms with E-state index in [9.17, 15) is 4.79 Å². The number of nitrogens with one attached hydrogen (secondary N) is 1. The van der Waals surface area contributed by atoms with Gasteiger partial charge in [0.15, 0.2) is 0 Å². The van der Waals surface area contributed by atoms with E-state index in [0.29, 0.717) is 11.6 Å². The van der Waals surface area contributed by atoms with E-state index in [-0.39, 0.29) is 5.91 Å². The second-order valence-corrected chi connectivity index (χ2v) is 6.77. The molecule has 0 bridgehead atoms. The molecule has 1 amide bonds. The highest BCUT2D eigenvalue weighted by atomic mass is 16.1. The Morgan fingerprint density at radius 1 is 1.17 bits per heavy atom. The van der Waals surface area contributed by atoms with Crippen molar-refractivity contribution in [2.45, 2.75) is 45.1 Å². The number of aryl methyl sites for hydroxylation is 1. The van der Waals surface area contributed by atoms with Gasteiger partial charge in [0.2, 0.25) is 5.95 Å². The number of hydrogen-bond donors (Lipinski definition) is 1. The molecule has 0 aromatic carbocycles. The van der Waals surface area contributed by atoms with E-state index in [1.165, 1.54) is 19.3 Å². The molecule has 2 aliphatic rings.